The second-order valence-corrected chi connectivity index (χ2v) is 7.49. The largest absolute Gasteiger partial charge is 0.372 e. The molecule has 28 heavy (non-hydrogen) atoms. The van der Waals surface area contributed by atoms with E-state index in [4.69, 9.17) is 0 Å². The molecule has 6 nitrogen and oxygen atoms in total. The summed E-state index contributed by atoms with van der Waals surface area (Å²) in [6, 6.07) is 10.6. The van der Waals surface area contributed by atoms with Crippen LogP contribution in [-0.4, -0.2) is 48.9 Å². The van der Waals surface area contributed by atoms with Crippen LogP contribution in [0.15, 0.2) is 42.2 Å². The summed E-state index contributed by atoms with van der Waals surface area (Å²) in [6.45, 7) is 5.58. The predicted molar refractivity (Wildman–Crippen MR) is 112 cm³/mol. The van der Waals surface area contributed by atoms with Crippen LogP contribution in [0.2, 0.25) is 0 Å². The van der Waals surface area contributed by atoms with Gasteiger partial charge in [0.2, 0.25) is 11.8 Å². The van der Waals surface area contributed by atoms with Crippen molar-refractivity contribution in [1.29, 1.82) is 0 Å². The summed E-state index contributed by atoms with van der Waals surface area (Å²) < 4.78 is 0. The first-order chi connectivity index (χ1) is 13.7. The number of benzene rings is 1. The van der Waals surface area contributed by atoms with E-state index in [-0.39, 0.29) is 30.7 Å². The Bertz CT molecular complexity index is 681. The molecule has 2 amide bonds. The maximum atomic E-state index is 12.5. The monoisotopic (exact) mass is 384 g/mol. The highest BCUT2D eigenvalue weighted by molar-refractivity contribution is 5.84. The zero-order valence-corrected chi connectivity index (χ0v) is 16.8. The summed E-state index contributed by atoms with van der Waals surface area (Å²) in [6.07, 6.45) is 6.26. The van der Waals surface area contributed by atoms with E-state index < -0.39 is 0 Å². The van der Waals surface area contributed by atoms with Gasteiger partial charge in [-0.3, -0.25) is 14.5 Å². The minimum Gasteiger partial charge on any atom is -0.372 e. The Hall–Kier alpha value is -2.50. The number of nitrogens with one attached hydrogen (secondary N) is 2. The van der Waals surface area contributed by atoms with Crippen molar-refractivity contribution in [3.05, 3.63) is 42.2 Å². The van der Waals surface area contributed by atoms with Crippen LogP contribution in [0.4, 0.5) is 5.69 Å². The van der Waals surface area contributed by atoms with Crippen LogP contribution in [-0.2, 0) is 9.59 Å². The summed E-state index contributed by atoms with van der Waals surface area (Å²) in [5.74, 6) is 0.908. The number of hydrogen-bond acceptors (Lipinski definition) is 4. The van der Waals surface area contributed by atoms with E-state index in [0.29, 0.717) is 0 Å². The third-order valence-electron chi connectivity index (χ3n) is 5.40. The number of allylic oxidation sites excluding steroid dienone is 1. The highest BCUT2D eigenvalue weighted by atomic mass is 16.2. The van der Waals surface area contributed by atoms with Crippen molar-refractivity contribution in [2.75, 3.05) is 31.1 Å². The molecule has 3 rings (SSSR count). The summed E-state index contributed by atoms with van der Waals surface area (Å²) in [5, 5.41) is 6.40. The van der Waals surface area contributed by atoms with E-state index in [9.17, 15) is 9.59 Å². The van der Waals surface area contributed by atoms with Crippen molar-refractivity contribution >= 4 is 17.5 Å². The Morgan fingerprint density at radius 1 is 1.14 bits per heavy atom. The Balaban J connectivity index is 1.40. The molecular weight excluding hydrogens is 352 g/mol. The zero-order chi connectivity index (χ0) is 19.8. The molecule has 6 heteroatoms. The number of piperidine rings is 1. The number of amides is 2. The molecule has 1 aromatic carbocycles. The van der Waals surface area contributed by atoms with Crippen molar-refractivity contribution in [1.82, 2.24) is 15.5 Å². The Kier molecular flexibility index (Phi) is 7.34. The topological polar surface area (TPSA) is 64.7 Å². The van der Waals surface area contributed by atoms with Gasteiger partial charge in [0.05, 0.1) is 0 Å². The molecule has 0 aliphatic carbocycles. The smallest absolute Gasteiger partial charge is 0.228 e. The average Bonchev–Trinajstić information content (AvgIpc) is 2.74. The number of anilines is 1. The second kappa shape index (κ2) is 10.2. The quantitative estimate of drug-likeness (QED) is 0.791. The first-order valence-electron chi connectivity index (χ1n) is 10.5. The van der Waals surface area contributed by atoms with Crippen molar-refractivity contribution in [2.24, 2.45) is 0 Å². The zero-order valence-electron chi connectivity index (χ0n) is 16.8. The molecule has 0 saturated carbocycles. The summed E-state index contributed by atoms with van der Waals surface area (Å²) >= 11 is 0. The molecular formula is C22H32N4O2. The van der Waals surface area contributed by atoms with E-state index in [1.165, 1.54) is 5.69 Å². The van der Waals surface area contributed by atoms with Gasteiger partial charge < -0.3 is 15.5 Å². The molecule has 2 aliphatic heterocycles. The standard InChI is InChI=1S/C22H32N4O2/c1-2-7-20-23-14-6-15-26(20)22(28)11-10-21(27)24-18-12-16-25(17-13-18)19-8-4-3-5-9-19/h3-5,7-9,18,23H,2,6,10-17H2,1H3,(H,24,27)/b20-7+. The second-order valence-electron chi connectivity index (χ2n) is 7.49. The third-order valence-corrected chi connectivity index (χ3v) is 5.40. The van der Waals surface area contributed by atoms with E-state index in [1.807, 2.05) is 12.1 Å². The maximum Gasteiger partial charge on any atom is 0.228 e. The van der Waals surface area contributed by atoms with Gasteiger partial charge in [0.25, 0.3) is 0 Å². The summed E-state index contributed by atoms with van der Waals surface area (Å²) in [5.41, 5.74) is 1.24. The Morgan fingerprint density at radius 2 is 1.89 bits per heavy atom. The normalized spacial score (nSPS) is 19.4. The molecule has 2 aliphatic rings. The molecule has 2 fully saturated rings. The van der Waals surface area contributed by atoms with Crippen LogP contribution in [0.5, 0.6) is 0 Å². The molecule has 152 valence electrons. The van der Waals surface area contributed by atoms with Gasteiger partial charge in [0.15, 0.2) is 0 Å². The average molecular weight is 385 g/mol. The van der Waals surface area contributed by atoms with Crippen LogP contribution in [0.25, 0.3) is 0 Å². The van der Waals surface area contributed by atoms with Gasteiger partial charge in [-0.25, -0.2) is 0 Å². The van der Waals surface area contributed by atoms with Crippen molar-refractivity contribution in [3.8, 4) is 0 Å². The molecule has 1 aromatic rings. The Morgan fingerprint density at radius 3 is 2.61 bits per heavy atom. The van der Waals surface area contributed by atoms with Crippen LogP contribution >= 0.6 is 0 Å². The van der Waals surface area contributed by atoms with E-state index in [2.05, 4.69) is 46.7 Å². The molecule has 0 aromatic heterocycles. The lowest BCUT2D eigenvalue weighted by Gasteiger charge is -2.34. The molecule has 2 heterocycles. The number of carbonyl (C=O) groups is 2. The lowest BCUT2D eigenvalue weighted by atomic mass is 10.0. The number of para-hydroxylation sites is 1. The van der Waals surface area contributed by atoms with Crippen LogP contribution in [0.1, 0.15) is 45.4 Å². The van der Waals surface area contributed by atoms with Gasteiger partial charge in [-0.15, -0.1) is 0 Å². The fourth-order valence-corrected chi connectivity index (χ4v) is 3.88. The fraction of sp³-hybridized carbons (Fsp3) is 0.545. The van der Waals surface area contributed by atoms with Gasteiger partial charge in [-0.05, 0) is 43.9 Å². The van der Waals surface area contributed by atoms with Gasteiger partial charge in [-0.2, -0.15) is 0 Å². The molecule has 2 N–H and O–H groups in total. The van der Waals surface area contributed by atoms with Crippen molar-refractivity contribution in [2.45, 2.75) is 51.5 Å². The van der Waals surface area contributed by atoms with Crippen LogP contribution in [0.3, 0.4) is 0 Å². The summed E-state index contributed by atoms with van der Waals surface area (Å²) in [4.78, 5) is 29.0. The van der Waals surface area contributed by atoms with Gasteiger partial charge in [0.1, 0.15) is 5.82 Å². The molecule has 0 atom stereocenters. The van der Waals surface area contributed by atoms with Crippen molar-refractivity contribution in [3.63, 3.8) is 0 Å². The third kappa shape index (κ3) is 5.50. The highest BCUT2D eigenvalue weighted by Crippen LogP contribution is 2.19. The molecule has 0 unspecified atom stereocenters. The van der Waals surface area contributed by atoms with Crippen LogP contribution < -0.4 is 15.5 Å². The lowest BCUT2D eigenvalue weighted by molar-refractivity contribution is -0.133. The molecule has 0 radical (unpaired) electrons. The highest BCUT2D eigenvalue weighted by Gasteiger charge is 2.23. The number of rotatable bonds is 6. The SMILES string of the molecule is CC/C=C1\NCCCN1C(=O)CCC(=O)NC1CCN(c2ccccc2)CC1. The van der Waals surface area contributed by atoms with Crippen LogP contribution in [0, 0.1) is 0 Å². The van der Waals surface area contributed by atoms with E-state index in [1.54, 1.807) is 4.90 Å². The summed E-state index contributed by atoms with van der Waals surface area (Å²) in [7, 11) is 0. The lowest BCUT2D eigenvalue weighted by Crippen LogP contribution is -2.45. The van der Waals surface area contributed by atoms with E-state index in [0.717, 1.165) is 57.7 Å². The molecule has 0 spiro atoms. The minimum atomic E-state index is -0.0162. The molecule has 2 saturated heterocycles. The Labute approximate surface area is 168 Å². The van der Waals surface area contributed by atoms with Gasteiger partial charge >= 0.3 is 0 Å². The predicted octanol–water partition coefficient (Wildman–Crippen LogP) is 2.63. The number of carbonyl (C=O) groups excluding carboxylic acids is 2. The minimum absolute atomic E-state index is 0.0162. The van der Waals surface area contributed by atoms with Gasteiger partial charge in [0, 0.05) is 50.7 Å². The van der Waals surface area contributed by atoms with Gasteiger partial charge in [-0.1, -0.05) is 25.1 Å². The molecule has 0 bridgehead atoms. The first kappa shape index (κ1) is 20.2. The number of hydrogen-bond donors (Lipinski definition) is 2. The maximum absolute atomic E-state index is 12.5. The number of nitrogens with zero attached hydrogens (tertiary/aromatic N) is 2. The van der Waals surface area contributed by atoms with E-state index >= 15 is 0 Å². The van der Waals surface area contributed by atoms with Crippen molar-refractivity contribution < 1.29 is 9.59 Å². The first-order valence-corrected chi connectivity index (χ1v) is 10.5. The fourth-order valence-electron chi connectivity index (χ4n) is 3.88.